The molecule has 0 radical (unpaired) electrons. The van der Waals surface area contributed by atoms with Crippen molar-refractivity contribution in [3.05, 3.63) is 22.6 Å². The summed E-state index contributed by atoms with van der Waals surface area (Å²) in [6, 6.07) is 0.104. The van der Waals surface area contributed by atoms with Crippen LogP contribution in [0.4, 0.5) is 0 Å². The molecule has 1 saturated heterocycles. The molecule has 170 valence electrons. The van der Waals surface area contributed by atoms with Crippen molar-refractivity contribution in [3.8, 4) is 0 Å². The molecule has 30 heavy (non-hydrogen) atoms. The molecule has 0 unspecified atom stereocenters. The Bertz CT molecular complexity index is 625. The highest BCUT2D eigenvalue weighted by atomic mass is 127. The number of likely N-dealkylation sites (tertiary alicyclic amines) is 1. The van der Waals surface area contributed by atoms with Gasteiger partial charge in [-0.15, -0.1) is 0 Å². The predicted octanol–water partition coefficient (Wildman–Crippen LogP) is 4.40. The molecule has 0 atom stereocenters. The highest BCUT2D eigenvalue weighted by Gasteiger charge is 2.30. The maximum atomic E-state index is 10.9. The summed E-state index contributed by atoms with van der Waals surface area (Å²) in [4.78, 5) is 48.7. The molecule has 0 aromatic carbocycles. The van der Waals surface area contributed by atoms with Crippen molar-refractivity contribution >= 4 is 46.2 Å². The van der Waals surface area contributed by atoms with E-state index in [0.717, 1.165) is 3.92 Å². The lowest BCUT2D eigenvalue weighted by Crippen LogP contribution is -2.36. The molecule has 2 rings (SSSR count). The van der Waals surface area contributed by atoms with Crippen LogP contribution < -0.4 is 0 Å². The standard InChI is InChI=1S/C7H11NO2.C7H9NO2.C3H7I.C3H7N3/c2*1-5(2)8-6(9)3-4-7(8)10;1-3(2)4;1-3(2)5-6-4/h5H,3-4H2,1-2H3;3-5H,1-2H3;3H,1-2H3;3H,1-2H3. The van der Waals surface area contributed by atoms with Crippen molar-refractivity contribution in [1.82, 2.24) is 9.80 Å². The zero-order valence-corrected chi connectivity index (χ0v) is 21.3. The molecule has 0 N–H and O–H groups in total. The summed E-state index contributed by atoms with van der Waals surface area (Å²) in [5, 5.41) is 3.31. The van der Waals surface area contributed by atoms with Gasteiger partial charge < -0.3 is 0 Å². The van der Waals surface area contributed by atoms with Crippen LogP contribution in [-0.2, 0) is 19.2 Å². The number of azide groups is 1. The number of imide groups is 2. The Morgan fingerprint density at radius 2 is 1.17 bits per heavy atom. The fraction of sp³-hybridized carbons (Fsp3) is 0.700. The average Bonchev–Trinajstić information content (AvgIpc) is 3.09. The average molecular weight is 535 g/mol. The Balaban J connectivity index is 0. The van der Waals surface area contributed by atoms with Gasteiger partial charge in [0, 0.05) is 52.0 Å². The lowest BCUT2D eigenvalue weighted by atomic mass is 10.3. The van der Waals surface area contributed by atoms with Crippen LogP contribution in [0.3, 0.4) is 0 Å². The molecule has 0 saturated carbocycles. The first-order chi connectivity index (χ1) is 13.8. The molecule has 2 aliphatic heterocycles. The third-order valence-corrected chi connectivity index (χ3v) is 3.25. The second kappa shape index (κ2) is 15.8. The molecule has 0 aromatic heterocycles. The summed E-state index contributed by atoms with van der Waals surface area (Å²) >= 11 is 2.34. The fourth-order valence-electron chi connectivity index (χ4n) is 2.19. The highest BCUT2D eigenvalue weighted by Crippen LogP contribution is 2.14. The summed E-state index contributed by atoms with van der Waals surface area (Å²) in [6.45, 7) is 15.3. The van der Waals surface area contributed by atoms with E-state index in [2.05, 4.69) is 46.5 Å². The van der Waals surface area contributed by atoms with E-state index in [1.165, 1.54) is 22.0 Å². The van der Waals surface area contributed by atoms with Gasteiger partial charge in [-0.3, -0.25) is 29.0 Å². The number of halogens is 1. The molecule has 9 nitrogen and oxygen atoms in total. The van der Waals surface area contributed by atoms with Crippen molar-refractivity contribution in [3.63, 3.8) is 0 Å². The summed E-state index contributed by atoms with van der Waals surface area (Å²) < 4.78 is 0.803. The molecule has 0 spiro atoms. The second-order valence-electron chi connectivity index (χ2n) is 7.54. The fourth-order valence-corrected chi connectivity index (χ4v) is 2.19. The van der Waals surface area contributed by atoms with Gasteiger partial charge in [0.1, 0.15) is 0 Å². The first kappa shape index (κ1) is 30.3. The first-order valence-electron chi connectivity index (χ1n) is 9.84. The third kappa shape index (κ3) is 13.3. The molecular formula is C20H34IN5O4. The monoisotopic (exact) mass is 535 g/mol. The van der Waals surface area contributed by atoms with Crippen molar-refractivity contribution in [1.29, 1.82) is 0 Å². The largest absolute Gasteiger partial charge is 0.280 e. The number of rotatable bonds is 3. The Kier molecular flexibility index (Phi) is 16.0. The van der Waals surface area contributed by atoms with Gasteiger partial charge in [-0.2, -0.15) is 0 Å². The van der Waals surface area contributed by atoms with E-state index in [4.69, 9.17) is 5.53 Å². The number of amides is 4. The lowest BCUT2D eigenvalue weighted by molar-refractivity contribution is -0.141. The minimum absolute atomic E-state index is 0.0278. The molecule has 0 aliphatic carbocycles. The molecule has 4 amide bonds. The van der Waals surface area contributed by atoms with Crippen molar-refractivity contribution < 1.29 is 19.2 Å². The highest BCUT2D eigenvalue weighted by molar-refractivity contribution is 14.1. The van der Waals surface area contributed by atoms with Gasteiger partial charge in [-0.1, -0.05) is 55.4 Å². The van der Waals surface area contributed by atoms with E-state index in [-0.39, 0.29) is 41.8 Å². The number of alkyl halides is 1. The normalized spacial score (nSPS) is 15.1. The maximum absolute atomic E-state index is 10.9. The van der Waals surface area contributed by atoms with E-state index in [9.17, 15) is 19.2 Å². The van der Waals surface area contributed by atoms with Gasteiger partial charge in [-0.05, 0) is 33.2 Å². The van der Waals surface area contributed by atoms with E-state index in [0.29, 0.717) is 12.8 Å². The molecule has 10 heteroatoms. The summed E-state index contributed by atoms with van der Waals surface area (Å²) in [7, 11) is 0. The van der Waals surface area contributed by atoms with Crippen LogP contribution in [0.25, 0.3) is 10.4 Å². The lowest BCUT2D eigenvalue weighted by Gasteiger charge is -2.17. The summed E-state index contributed by atoms with van der Waals surface area (Å²) in [5.74, 6) is -0.472. The number of nitrogens with zero attached hydrogens (tertiary/aromatic N) is 5. The van der Waals surface area contributed by atoms with Crippen LogP contribution in [0.2, 0.25) is 0 Å². The molecule has 2 heterocycles. The van der Waals surface area contributed by atoms with Gasteiger partial charge in [0.05, 0.1) is 0 Å². The van der Waals surface area contributed by atoms with Gasteiger partial charge in [-0.25, -0.2) is 0 Å². The van der Waals surface area contributed by atoms with Crippen molar-refractivity contribution in [2.75, 3.05) is 0 Å². The summed E-state index contributed by atoms with van der Waals surface area (Å²) in [5.41, 5.74) is 7.70. The minimum atomic E-state index is -0.208. The van der Waals surface area contributed by atoms with Crippen molar-refractivity contribution in [2.45, 2.75) is 90.3 Å². The zero-order chi connectivity index (χ0) is 24.0. The van der Waals surface area contributed by atoms with Gasteiger partial charge in [0.15, 0.2) is 0 Å². The quantitative estimate of drug-likeness (QED) is 0.133. The summed E-state index contributed by atoms with van der Waals surface area (Å²) in [6.07, 6.45) is 3.39. The van der Waals surface area contributed by atoms with E-state index in [1.54, 1.807) is 0 Å². The Morgan fingerprint density at radius 3 is 1.30 bits per heavy atom. The number of carbonyl (C=O) groups is 4. The Labute approximate surface area is 193 Å². The van der Waals surface area contributed by atoms with Crippen LogP contribution in [0.15, 0.2) is 17.3 Å². The third-order valence-electron chi connectivity index (χ3n) is 3.25. The van der Waals surface area contributed by atoms with Crippen LogP contribution in [0, 0.1) is 0 Å². The SMILES string of the molecule is CC(C)I.CC(C)N1C(=O)C=CC1=O.CC(C)N1C(=O)CCC1=O.CC(C)N=[N+]=[N-]. The van der Waals surface area contributed by atoms with Gasteiger partial charge in [0.25, 0.3) is 11.8 Å². The van der Waals surface area contributed by atoms with Crippen LogP contribution in [0.1, 0.15) is 68.2 Å². The zero-order valence-electron chi connectivity index (χ0n) is 19.1. The predicted molar refractivity (Wildman–Crippen MR) is 126 cm³/mol. The van der Waals surface area contributed by atoms with Crippen LogP contribution >= 0.6 is 22.6 Å². The van der Waals surface area contributed by atoms with Crippen molar-refractivity contribution in [2.24, 2.45) is 5.11 Å². The van der Waals surface area contributed by atoms with Crippen LogP contribution in [0.5, 0.6) is 0 Å². The van der Waals surface area contributed by atoms with Crippen LogP contribution in [-0.4, -0.2) is 55.5 Å². The number of hydrogen-bond acceptors (Lipinski definition) is 5. The van der Waals surface area contributed by atoms with Gasteiger partial charge in [0.2, 0.25) is 11.8 Å². The first-order valence-corrected chi connectivity index (χ1v) is 11.1. The molecule has 2 aliphatic rings. The number of carbonyl (C=O) groups excluding carboxylic acids is 4. The second-order valence-corrected chi connectivity index (χ2v) is 10.0. The van der Waals surface area contributed by atoms with E-state index < -0.39 is 0 Å². The number of hydrogen-bond donors (Lipinski definition) is 0. The molecule has 1 fully saturated rings. The van der Waals surface area contributed by atoms with E-state index >= 15 is 0 Å². The topological polar surface area (TPSA) is 124 Å². The smallest absolute Gasteiger partial charge is 0.253 e. The Hall–Kier alpha value is -1.94. The Morgan fingerprint density at radius 1 is 0.833 bits per heavy atom. The molecule has 0 bridgehead atoms. The maximum Gasteiger partial charge on any atom is 0.253 e. The minimum Gasteiger partial charge on any atom is -0.280 e. The van der Waals surface area contributed by atoms with Gasteiger partial charge >= 0.3 is 0 Å². The molecule has 0 aromatic rings. The van der Waals surface area contributed by atoms with E-state index in [1.807, 2.05) is 41.5 Å². The molecular weight excluding hydrogens is 501 g/mol.